The predicted molar refractivity (Wildman–Crippen MR) is 109 cm³/mol. The molecule has 0 saturated carbocycles. The number of nitrogens with zero attached hydrogens (tertiary/aromatic N) is 3. The van der Waals surface area contributed by atoms with Crippen molar-refractivity contribution in [2.75, 3.05) is 30.1 Å². The van der Waals surface area contributed by atoms with Crippen LogP contribution in [0.3, 0.4) is 0 Å². The summed E-state index contributed by atoms with van der Waals surface area (Å²) in [5.74, 6) is 2.34. The van der Waals surface area contributed by atoms with Crippen molar-refractivity contribution in [1.82, 2.24) is 9.97 Å². The number of ether oxygens (including phenoxy) is 2. The van der Waals surface area contributed by atoms with Crippen LogP contribution in [0.1, 0.15) is 23.3 Å². The van der Waals surface area contributed by atoms with Gasteiger partial charge in [0.2, 0.25) is 6.79 Å². The number of carbonyl (C=O) groups is 1. The Bertz CT molecular complexity index is 1050. The van der Waals surface area contributed by atoms with E-state index >= 15 is 0 Å². The summed E-state index contributed by atoms with van der Waals surface area (Å²) >= 11 is 0. The first-order valence-electron chi connectivity index (χ1n) is 9.67. The normalized spacial score (nSPS) is 14.8. The molecule has 29 heavy (non-hydrogen) atoms. The van der Waals surface area contributed by atoms with Gasteiger partial charge in [-0.15, -0.1) is 0 Å². The summed E-state index contributed by atoms with van der Waals surface area (Å²) in [7, 11) is 0. The standard InChI is InChI=1S/C22H20N4O3/c27-22(23-16-8-9-18-19(12-16)29-14-28-18)17-13-20(26-10-4-5-11-26)25-21(24-17)15-6-2-1-3-7-15/h1-3,6-9,12-13H,4-5,10-11,14H2,(H,23,27). The number of rotatable bonds is 4. The van der Waals surface area contributed by atoms with Crippen LogP contribution in [0.5, 0.6) is 11.5 Å². The average Bonchev–Trinajstić information content (AvgIpc) is 3.46. The average molecular weight is 388 g/mol. The van der Waals surface area contributed by atoms with Gasteiger partial charge < -0.3 is 19.7 Å². The van der Waals surface area contributed by atoms with E-state index in [4.69, 9.17) is 14.5 Å². The molecule has 0 spiro atoms. The van der Waals surface area contributed by atoms with Crippen molar-refractivity contribution in [2.45, 2.75) is 12.8 Å². The van der Waals surface area contributed by atoms with Crippen molar-refractivity contribution >= 4 is 17.4 Å². The van der Waals surface area contributed by atoms with E-state index in [0.29, 0.717) is 28.7 Å². The fourth-order valence-corrected chi connectivity index (χ4v) is 3.54. The number of aromatic nitrogens is 2. The van der Waals surface area contributed by atoms with Gasteiger partial charge in [-0.05, 0) is 25.0 Å². The van der Waals surface area contributed by atoms with Crippen LogP contribution in [-0.4, -0.2) is 35.8 Å². The van der Waals surface area contributed by atoms with Gasteiger partial charge in [0, 0.05) is 36.5 Å². The molecule has 3 aromatic rings. The SMILES string of the molecule is O=C(Nc1ccc2c(c1)OCO2)c1cc(N2CCCC2)nc(-c2ccccc2)n1. The van der Waals surface area contributed by atoms with Crippen molar-refractivity contribution < 1.29 is 14.3 Å². The van der Waals surface area contributed by atoms with Crippen molar-refractivity contribution in [3.63, 3.8) is 0 Å². The molecule has 2 aromatic carbocycles. The summed E-state index contributed by atoms with van der Waals surface area (Å²) in [5.41, 5.74) is 1.84. The van der Waals surface area contributed by atoms with Crippen LogP contribution in [0, 0.1) is 0 Å². The minimum atomic E-state index is -0.288. The molecule has 5 rings (SSSR count). The first kappa shape index (κ1) is 17.5. The lowest BCUT2D eigenvalue weighted by molar-refractivity contribution is 0.102. The largest absolute Gasteiger partial charge is 0.454 e. The van der Waals surface area contributed by atoms with Crippen molar-refractivity contribution in [1.29, 1.82) is 0 Å². The molecule has 7 nitrogen and oxygen atoms in total. The molecular weight excluding hydrogens is 368 g/mol. The number of nitrogens with one attached hydrogen (secondary N) is 1. The monoisotopic (exact) mass is 388 g/mol. The molecular formula is C22H20N4O3. The predicted octanol–water partition coefficient (Wildman–Crippen LogP) is 3.72. The number of fused-ring (bicyclic) bond motifs is 1. The van der Waals surface area contributed by atoms with Gasteiger partial charge in [-0.1, -0.05) is 30.3 Å². The Morgan fingerprint density at radius 2 is 1.72 bits per heavy atom. The second kappa shape index (κ2) is 7.43. The van der Waals surface area contributed by atoms with Gasteiger partial charge >= 0.3 is 0 Å². The number of carbonyl (C=O) groups excluding carboxylic acids is 1. The van der Waals surface area contributed by atoms with Gasteiger partial charge in [0.05, 0.1) is 0 Å². The molecule has 0 radical (unpaired) electrons. The molecule has 2 aliphatic heterocycles. The van der Waals surface area contributed by atoms with E-state index in [9.17, 15) is 4.79 Å². The second-order valence-electron chi connectivity index (χ2n) is 7.02. The van der Waals surface area contributed by atoms with E-state index in [2.05, 4.69) is 15.2 Å². The molecule has 1 saturated heterocycles. The minimum Gasteiger partial charge on any atom is -0.454 e. The van der Waals surface area contributed by atoms with E-state index in [1.54, 1.807) is 24.3 Å². The summed E-state index contributed by atoms with van der Waals surface area (Å²) in [5, 5.41) is 2.90. The van der Waals surface area contributed by atoms with E-state index in [1.807, 2.05) is 30.3 Å². The highest BCUT2D eigenvalue weighted by molar-refractivity contribution is 6.03. The first-order chi connectivity index (χ1) is 14.3. The number of benzene rings is 2. The Kier molecular flexibility index (Phi) is 4.48. The molecule has 0 atom stereocenters. The molecule has 0 aliphatic carbocycles. The lowest BCUT2D eigenvalue weighted by atomic mass is 10.2. The van der Waals surface area contributed by atoms with Crippen LogP contribution in [-0.2, 0) is 0 Å². The molecule has 146 valence electrons. The van der Waals surface area contributed by atoms with Gasteiger partial charge in [-0.3, -0.25) is 4.79 Å². The van der Waals surface area contributed by atoms with Gasteiger partial charge in [0.25, 0.3) is 5.91 Å². The van der Waals surface area contributed by atoms with E-state index in [0.717, 1.165) is 37.3 Å². The van der Waals surface area contributed by atoms with Crippen LogP contribution in [0.15, 0.2) is 54.6 Å². The van der Waals surface area contributed by atoms with Crippen LogP contribution in [0.25, 0.3) is 11.4 Å². The Hall–Kier alpha value is -3.61. The minimum absolute atomic E-state index is 0.193. The Labute approximate surface area is 168 Å². The first-order valence-corrected chi connectivity index (χ1v) is 9.67. The van der Waals surface area contributed by atoms with Gasteiger partial charge in [-0.25, -0.2) is 9.97 Å². The topological polar surface area (TPSA) is 76.6 Å². The fraction of sp³-hybridized carbons (Fsp3) is 0.227. The Morgan fingerprint density at radius 1 is 0.931 bits per heavy atom. The molecule has 1 fully saturated rings. The number of hydrogen-bond acceptors (Lipinski definition) is 6. The maximum atomic E-state index is 13.0. The highest BCUT2D eigenvalue weighted by Gasteiger charge is 2.20. The fourth-order valence-electron chi connectivity index (χ4n) is 3.54. The van der Waals surface area contributed by atoms with E-state index in [1.165, 1.54) is 0 Å². The zero-order valence-electron chi connectivity index (χ0n) is 15.8. The summed E-state index contributed by atoms with van der Waals surface area (Å²) < 4.78 is 10.7. The zero-order valence-corrected chi connectivity index (χ0v) is 15.8. The van der Waals surface area contributed by atoms with Crippen LogP contribution in [0.4, 0.5) is 11.5 Å². The maximum absolute atomic E-state index is 13.0. The third-order valence-electron chi connectivity index (χ3n) is 5.04. The number of amides is 1. The van der Waals surface area contributed by atoms with Crippen molar-refractivity contribution in [2.24, 2.45) is 0 Å². The van der Waals surface area contributed by atoms with Gasteiger partial charge in [-0.2, -0.15) is 0 Å². The molecule has 7 heteroatoms. The smallest absolute Gasteiger partial charge is 0.274 e. The van der Waals surface area contributed by atoms with Crippen LogP contribution in [0.2, 0.25) is 0 Å². The maximum Gasteiger partial charge on any atom is 0.274 e. The van der Waals surface area contributed by atoms with Gasteiger partial charge in [0.1, 0.15) is 11.5 Å². The van der Waals surface area contributed by atoms with Crippen LogP contribution >= 0.6 is 0 Å². The molecule has 0 unspecified atom stereocenters. The number of anilines is 2. The number of hydrogen-bond donors (Lipinski definition) is 1. The van der Waals surface area contributed by atoms with Crippen molar-refractivity contribution in [3.8, 4) is 22.9 Å². The lowest BCUT2D eigenvalue weighted by Gasteiger charge is -2.18. The quantitative estimate of drug-likeness (QED) is 0.734. The highest BCUT2D eigenvalue weighted by atomic mass is 16.7. The summed E-state index contributed by atoms with van der Waals surface area (Å²) in [6.45, 7) is 2.07. The molecule has 1 amide bonds. The Morgan fingerprint density at radius 3 is 2.55 bits per heavy atom. The third kappa shape index (κ3) is 3.59. The molecule has 1 N–H and O–H groups in total. The van der Waals surface area contributed by atoms with Crippen molar-refractivity contribution in [3.05, 3.63) is 60.3 Å². The van der Waals surface area contributed by atoms with Gasteiger partial charge in [0.15, 0.2) is 17.3 Å². The van der Waals surface area contributed by atoms with E-state index < -0.39 is 0 Å². The molecule has 1 aromatic heterocycles. The molecule has 3 heterocycles. The molecule has 0 bridgehead atoms. The lowest BCUT2D eigenvalue weighted by Crippen LogP contribution is -2.22. The second-order valence-corrected chi connectivity index (χ2v) is 7.02. The summed E-state index contributed by atoms with van der Waals surface area (Å²) in [4.78, 5) is 24.4. The van der Waals surface area contributed by atoms with E-state index in [-0.39, 0.29) is 12.7 Å². The summed E-state index contributed by atoms with van der Waals surface area (Å²) in [6, 6.07) is 16.8. The highest BCUT2D eigenvalue weighted by Crippen LogP contribution is 2.34. The zero-order chi connectivity index (χ0) is 19.6. The molecule has 2 aliphatic rings. The summed E-state index contributed by atoms with van der Waals surface area (Å²) in [6.07, 6.45) is 2.26. The third-order valence-corrected chi connectivity index (χ3v) is 5.04. The van der Waals surface area contributed by atoms with Crippen LogP contribution < -0.4 is 19.7 Å². The Balaban J connectivity index is 1.47.